The van der Waals surface area contributed by atoms with Crippen LogP contribution in [0, 0.1) is 0 Å². The Morgan fingerprint density at radius 3 is 1.48 bits per heavy atom. The molecular formula is C61H41N5. The van der Waals surface area contributed by atoms with E-state index in [1.807, 2.05) is 6.20 Å². The van der Waals surface area contributed by atoms with Gasteiger partial charge < -0.3 is 18.9 Å². The van der Waals surface area contributed by atoms with Gasteiger partial charge in [0.1, 0.15) is 0 Å². The highest BCUT2D eigenvalue weighted by Crippen LogP contribution is 2.54. The van der Waals surface area contributed by atoms with Crippen LogP contribution in [0.25, 0.3) is 99.6 Å². The van der Waals surface area contributed by atoms with Gasteiger partial charge in [0.15, 0.2) is 0 Å². The zero-order chi connectivity index (χ0) is 43.3. The van der Waals surface area contributed by atoms with Crippen LogP contribution in [-0.4, -0.2) is 27.2 Å². The van der Waals surface area contributed by atoms with E-state index in [2.05, 4.69) is 237 Å². The van der Waals surface area contributed by atoms with Crippen molar-refractivity contribution in [2.45, 2.75) is 0 Å². The van der Waals surface area contributed by atoms with Crippen molar-refractivity contribution in [2.24, 2.45) is 0 Å². The maximum absolute atomic E-state index is 5.29. The Morgan fingerprint density at radius 1 is 0.303 bits per heavy atom. The second kappa shape index (κ2) is 14.4. The van der Waals surface area contributed by atoms with E-state index in [4.69, 9.17) is 4.98 Å². The van der Waals surface area contributed by atoms with Crippen molar-refractivity contribution in [3.8, 4) is 56.0 Å². The number of pyridine rings is 1. The van der Waals surface area contributed by atoms with Crippen molar-refractivity contribution in [1.29, 1.82) is 0 Å². The van der Waals surface area contributed by atoms with Crippen LogP contribution in [0.5, 0.6) is 0 Å². The Labute approximate surface area is 382 Å². The highest BCUT2D eigenvalue weighted by molar-refractivity contribution is 6.14. The Bertz CT molecular complexity index is 3850. The number of hydrogen-bond donors (Lipinski definition) is 0. The summed E-state index contributed by atoms with van der Waals surface area (Å²) >= 11 is 0. The minimum Gasteiger partial charge on any atom is -0.338 e. The van der Waals surface area contributed by atoms with Crippen LogP contribution in [0.15, 0.2) is 225 Å². The molecule has 1 aliphatic carbocycles. The molecule has 0 unspecified atom stereocenters. The molecule has 1 aliphatic heterocycles. The number of fused-ring (bicyclic) bond motifs is 15. The maximum atomic E-state index is 5.29. The van der Waals surface area contributed by atoms with Gasteiger partial charge in [-0.3, -0.25) is 4.98 Å². The minimum atomic E-state index is 0.848. The molecule has 9 aromatic carbocycles. The quantitative estimate of drug-likeness (QED) is 0.177. The molecule has 0 saturated carbocycles. The average Bonchev–Trinajstić information content (AvgIpc) is 3.90. The van der Waals surface area contributed by atoms with Crippen molar-refractivity contribution in [2.75, 3.05) is 22.9 Å². The van der Waals surface area contributed by atoms with Gasteiger partial charge in [-0.05, 0) is 107 Å². The Balaban J connectivity index is 1.03. The highest BCUT2D eigenvalue weighted by Gasteiger charge is 2.31. The maximum Gasteiger partial charge on any atom is 0.0787 e. The van der Waals surface area contributed by atoms with Crippen LogP contribution in [0.1, 0.15) is 0 Å². The fourth-order valence-corrected chi connectivity index (χ4v) is 11.2. The minimum absolute atomic E-state index is 0.848. The molecule has 0 fully saturated rings. The molecule has 310 valence electrons. The number of benzene rings is 9. The lowest BCUT2D eigenvalue weighted by Crippen LogP contribution is -2.36. The fraction of sp³-hybridized carbons (Fsp3) is 0.0328. The van der Waals surface area contributed by atoms with E-state index in [1.54, 1.807) is 0 Å². The van der Waals surface area contributed by atoms with Gasteiger partial charge in [-0.1, -0.05) is 133 Å². The zero-order valence-corrected chi connectivity index (χ0v) is 36.0. The normalized spacial score (nSPS) is 13.0. The first-order valence-electron chi connectivity index (χ1n) is 22.8. The molecular weight excluding hydrogens is 803 g/mol. The number of hydrogen-bond acceptors (Lipinski definition) is 3. The van der Waals surface area contributed by atoms with Crippen LogP contribution in [-0.2, 0) is 0 Å². The number of aromatic nitrogens is 3. The third kappa shape index (κ3) is 5.37. The lowest BCUT2D eigenvalue weighted by Gasteiger charge is -2.40. The molecule has 0 spiro atoms. The highest BCUT2D eigenvalue weighted by atomic mass is 15.3. The van der Waals surface area contributed by atoms with Gasteiger partial charge in [0.2, 0.25) is 0 Å². The molecule has 4 heterocycles. The van der Waals surface area contributed by atoms with Gasteiger partial charge in [0, 0.05) is 74.6 Å². The predicted molar refractivity (Wildman–Crippen MR) is 275 cm³/mol. The summed E-state index contributed by atoms with van der Waals surface area (Å²) in [5.41, 5.74) is 20.8. The van der Waals surface area contributed by atoms with Crippen LogP contribution in [0.2, 0.25) is 0 Å². The van der Waals surface area contributed by atoms with E-state index < -0.39 is 0 Å². The summed E-state index contributed by atoms with van der Waals surface area (Å²) in [5, 5.41) is 4.95. The van der Waals surface area contributed by atoms with E-state index >= 15 is 0 Å². The molecule has 0 atom stereocenters. The largest absolute Gasteiger partial charge is 0.338 e. The van der Waals surface area contributed by atoms with Gasteiger partial charge in [0.25, 0.3) is 0 Å². The van der Waals surface area contributed by atoms with Crippen molar-refractivity contribution < 1.29 is 0 Å². The summed E-state index contributed by atoms with van der Waals surface area (Å²) in [6.07, 6.45) is 1.95. The van der Waals surface area contributed by atoms with Crippen molar-refractivity contribution in [3.63, 3.8) is 0 Å². The summed E-state index contributed by atoms with van der Waals surface area (Å²) in [6.45, 7) is 1.70. The molecule has 3 aromatic heterocycles. The summed E-state index contributed by atoms with van der Waals surface area (Å²) in [5.74, 6) is 0. The lowest BCUT2D eigenvalue weighted by molar-refractivity contribution is 0.850. The lowest BCUT2D eigenvalue weighted by atomic mass is 9.81. The molecule has 14 rings (SSSR count). The van der Waals surface area contributed by atoms with Crippen LogP contribution in [0.4, 0.5) is 22.7 Å². The molecule has 0 bridgehead atoms. The summed E-state index contributed by atoms with van der Waals surface area (Å²) in [4.78, 5) is 10.2. The van der Waals surface area contributed by atoms with Gasteiger partial charge >= 0.3 is 0 Å². The molecule has 2 aliphatic rings. The number of anilines is 4. The summed E-state index contributed by atoms with van der Waals surface area (Å²) in [6, 6.07) is 80.1. The number of rotatable bonds is 4. The Kier molecular flexibility index (Phi) is 8.04. The first-order valence-corrected chi connectivity index (χ1v) is 22.8. The topological polar surface area (TPSA) is 29.2 Å². The van der Waals surface area contributed by atoms with Gasteiger partial charge in [-0.15, -0.1) is 0 Å². The molecule has 0 N–H and O–H groups in total. The van der Waals surface area contributed by atoms with E-state index in [0.29, 0.717) is 0 Å². The smallest absolute Gasteiger partial charge is 0.0787 e. The molecule has 5 nitrogen and oxygen atoms in total. The molecule has 0 saturated heterocycles. The first kappa shape index (κ1) is 36.8. The van der Waals surface area contributed by atoms with Crippen LogP contribution in [0.3, 0.4) is 0 Å². The summed E-state index contributed by atoms with van der Waals surface area (Å²) < 4.78 is 4.92. The molecule has 5 heteroatoms. The Morgan fingerprint density at radius 2 is 0.818 bits per heavy atom. The Hall–Kier alpha value is -8.67. The van der Waals surface area contributed by atoms with E-state index in [-0.39, 0.29) is 0 Å². The standard InChI is InChI=1S/C61H41N5/c1-3-17-40(18-4-1)63-35-36-64(41-19-5-2-6-20-41)59-39-52-50(38-58(59)63)43-21-7-8-25-47(43)60-48(49-27-16-34-62-61(49)52)26-15-31-57(60)66-55-30-14-11-24-46(55)51-37-42(32-33-56(51)66)65-53-28-12-9-22-44(53)45-23-10-13-29-54(45)65/h1-34,37-39H,35-36H2. The second-order valence-corrected chi connectivity index (χ2v) is 17.4. The van der Waals surface area contributed by atoms with Gasteiger partial charge in [-0.25, -0.2) is 0 Å². The van der Waals surface area contributed by atoms with Crippen LogP contribution < -0.4 is 9.80 Å². The molecule has 12 aromatic rings. The summed E-state index contributed by atoms with van der Waals surface area (Å²) in [7, 11) is 0. The third-order valence-electron chi connectivity index (χ3n) is 14.0. The third-order valence-corrected chi connectivity index (χ3v) is 14.0. The average molecular weight is 844 g/mol. The van der Waals surface area contributed by atoms with Gasteiger partial charge in [-0.2, -0.15) is 0 Å². The predicted octanol–water partition coefficient (Wildman–Crippen LogP) is 15.5. The SMILES string of the molecule is c1ccc(N2CCN(c3ccccc3)c3cc4c(cc32)-c2ccccc2-c2c(cccc2-n2c3ccccc3c3cc(-n5c6ccccc6c6ccccc65)ccc32)-c2cccnc2-4)cc1. The van der Waals surface area contributed by atoms with Crippen LogP contribution >= 0.6 is 0 Å². The molecule has 66 heavy (non-hydrogen) atoms. The van der Waals surface area contributed by atoms with Gasteiger partial charge in [0.05, 0.1) is 44.8 Å². The molecule has 0 amide bonds. The van der Waals surface area contributed by atoms with Crippen molar-refractivity contribution in [1.82, 2.24) is 14.1 Å². The van der Waals surface area contributed by atoms with E-state index in [9.17, 15) is 0 Å². The first-order chi connectivity index (χ1) is 32.8. The monoisotopic (exact) mass is 843 g/mol. The van der Waals surface area contributed by atoms with Crippen molar-refractivity contribution in [3.05, 3.63) is 225 Å². The van der Waals surface area contributed by atoms with E-state index in [0.717, 1.165) is 52.4 Å². The zero-order valence-electron chi connectivity index (χ0n) is 36.0. The van der Waals surface area contributed by atoms with Crippen molar-refractivity contribution >= 4 is 66.4 Å². The fourth-order valence-electron chi connectivity index (χ4n) is 11.2. The second-order valence-electron chi connectivity index (χ2n) is 17.4. The number of nitrogens with zero attached hydrogens (tertiary/aromatic N) is 5. The number of para-hydroxylation sites is 5. The molecule has 0 radical (unpaired) electrons. The van der Waals surface area contributed by atoms with E-state index in [1.165, 1.54) is 83.1 Å².